The van der Waals surface area contributed by atoms with E-state index in [2.05, 4.69) is 19.2 Å². The molecular formula is C10H19N. The van der Waals surface area contributed by atoms with Gasteiger partial charge in [-0.2, -0.15) is 0 Å². The van der Waals surface area contributed by atoms with Crippen molar-refractivity contribution in [3.05, 3.63) is 0 Å². The summed E-state index contributed by atoms with van der Waals surface area (Å²) >= 11 is 0. The van der Waals surface area contributed by atoms with E-state index in [0.717, 1.165) is 11.8 Å². The van der Waals surface area contributed by atoms with Crippen LogP contribution in [0.3, 0.4) is 0 Å². The zero-order valence-electron chi connectivity index (χ0n) is 7.69. The molecule has 64 valence electrons. The molecule has 1 saturated carbocycles. The smallest absolute Gasteiger partial charge is 0.0207 e. The molecule has 0 aromatic rings. The van der Waals surface area contributed by atoms with Crippen molar-refractivity contribution in [1.82, 2.24) is 5.32 Å². The Hall–Kier alpha value is -0.0400. The minimum Gasteiger partial charge on any atom is -0.311 e. The summed E-state index contributed by atoms with van der Waals surface area (Å²) in [6.07, 6.45) is 5.79. The van der Waals surface area contributed by atoms with Crippen molar-refractivity contribution in [3.63, 3.8) is 0 Å². The highest BCUT2D eigenvalue weighted by atomic mass is 15.0. The van der Waals surface area contributed by atoms with Crippen LogP contribution in [0.2, 0.25) is 0 Å². The lowest BCUT2D eigenvalue weighted by Gasteiger charge is -2.36. The average molecular weight is 153 g/mol. The van der Waals surface area contributed by atoms with Crippen molar-refractivity contribution in [2.24, 2.45) is 11.8 Å². The van der Waals surface area contributed by atoms with E-state index in [1.807, 2.05) is 0 Å². The molecule has 2 bridgehead atoms. The number of hydrogen-bond acceptors (Lipinski definition) is 1. The summed E-state index contributed by atoms with van der Waals surface area (Å²) in [6, 6.07) is 0. The van der Waals surface area contributed by atoms with E-state index >= 15 is 0 Å². The van der Waals surface area contributed by atoms with E-state index in [1.54, 1.807) is 0 Å². The third-order valence-corrected chi connectivity index (χ3v) is 3.74. The normalized spacial score (nSPS) is 43.4. The van der Waals surface area contributed by atoms with Crippen LogP contribution in [0.4, 0.5) is 0 Å². The molecule has 1 N–H and O–H groups in total. The Balaban J connectivity index is 2.13. The number of rotatable bonds is 1. The van der Waals surface area contributed by atoms with Gasteiger partial charge in [-0.3, -0.25) is 0 Å². The predicted molar refractivity (Wildman–Crippen MR) is 47.5 cm³/mol. The van der Waals surface area contributed by atoms with E-state index in [1.165, 1.54) is 32.2 Å². The second-order valence-corrected chi connectivity index (χ2v) is 4.65. The van der Waals surface area contributed by atoms with Crippen molar-refractivity contribution in [2.45, 2.75) is 45.1 Å². The van der Waals surface area contributed by atoms with Crippen LogP contribution in [0.1, 0.15) is 39.5 Å². The summed E-state index contributed by atoms with van der Waals surface area (Å²) in [6.45, 7) is 6.01. The van der Waals surface area contributed by atoms with Crippen molar-refractivity contribution in [2.75, 3.05) is 6.54 Å². The molecule has 1 heterocycles. The summed E-state index contributed by atoms with van der Waals surface area (Å²) in [5.41, 5.74) is 0.545. The Bertz CT molecular complexity index is 149. The lowest BCUT2D eigenvalue weighted by Crippen LogP contribution is -2.45. The number of fused-ring (bicyclic) bond motifs is 2. The van der Waals surface area contributed by atoms with Crippen LogP contribution >= 0.6 is 0 Å². The maximum absolute atomic E-state index is 3.73. The van der Waals surface area contributed by atoms with Gasteiger partial charge in [-0.1, -0.05) is 20.3 Å². The molecule has 11 heavy (non-hydrogen) atoms. The molecule has 2 fully saturated rings. The first kappa shape index (κ1) is 7.60. The minimum absolute atomic E-state index is 0.545. The fraction of sp³-hybridized carbons (Fsp3) is 1.00. The van der Waals surface area contributed by atoms with Crippen molar-refractivity contribution >= 4 is 0 Å². The molecule has 0 amide bonds. The van der Waals surface area contributed by atoms with Crippen LogP contribution < -0.4 is 5.32 Å². The van der Waals surface area contributed by atoms with Crippen LogP contribution in [-0.4, -0.2) is 12.1 Å². The second kappa shape index (κ2) is 2.48. The molecule has 2 atom stereocenters. The van der Waals surface area contributed by atoms with E-state index in [4.69, 9.17) is 0 Å². The van der Waals surface area contributed by atoms with Gasteiger partial charge in [0.25, 0.3) is 0 Å². The Morgan fingerprint density at radius 2 is 2.27 bits per heavy atom. The summed E-state index contributed by atoms with van der Waals surface area (Å²) in [4.78, 5) is 0. The number of hydrogen-bond donors (Lipinski definition) is 1. The highest BCUT2D eigenvalue weighted by Crippen LogP contribution is 2.41. The van der Waals surface area contributed by atoms with Gasteiger partial charge in [-0.05, 0) is 37.6 Å². The highest BCUT2D eigenvalue weighted by molar-refractivity contribution is 5.01. The standard InChI is InChI=1S/C10H19N/c1-8(2)10-5-3-4-9(6-10)7-11-10/h8-9,11H,3-7H2,1-2H3. The molecule has 0 spiro atoms. The van der Waals surface area contributed by atoms with Crippen molar-refractivity contribution in [1.29, 1.82) is 0 Å². The van der Waals surface area contributed by atoms with Gasteiger partial charge >= 0.3 is 0 Å². The van der Waals surface area contributed by atoms with Crippen molar-refractivity contribution < 1.29 is 0 Å². The summed E-state index contributed by atoms with van der Waals surface area (Å²) in [5.74, 6) is 1.83. The molecule has 2 unspecified atom stereocenters. The van der Waals surface area contributed by atoms with Crippen molar-refractivity contribution in [3.8, 4) is 0 Å². The van der Waals surface area contributed by atoms with Crippen LogP contribution in [0, 0.1) is 11.8 Å². The Kier molecular flexibility index (Phi) is 1.71. The van der Waals surface area contributed by atoms with E-state index < -0.39 is 0 Å². The highest BCUT2D eigenvalue weighted by Gasteiger charge is 2.43. The van der Waals surface area contributed by atoms with Gasteiger partial charge in [0, 0.05) is 5.54 Å². The molecule has 0 aromatic heterocycles. The lowest BCUT2D eigenvalue weighted by atomic mass is 9.74. The quantitative estimate of drug-likeness (QED) is 0.609. The Labute approximate surface area is 69.6 Å². The van der Waals surface area contributed by atoms with Gasteiger partial charge in [0.15, 0.2) is 0 Å². The SMILES string of the molecule is CC(C)C12CCCC(CN1)C2. The largest absolute Gasteiger partial charge is 0.311 e. The summed E-state index contributed by atoms with van der Waals surface area (Å²) < 4.78 is 0. The molecule has 2 aliphatic rings. The van der Waals surface area contributed by atoms with Gasteiger partial charge in [0.2, 0.25) is 0 Å². The predicted octanol–water partition coefficient (Wildman–Crippen LogP) is 2.17. The fourth-order valence-electron chi connectivity index (χ4n) is 2.84. The molecule has 0 radical (unpaired) electrons. The minimum atomic E-state index is 0.545. The zero-order valence-corrected chi connectivity index (χ0v) is 7.69. The first-order chi connectivity index (χ1) is 5.23. The van der Waals surface area contributed by atoms with Crippen LogP contribution in [0.15, 0.2) is 0 Å². The monoisotopic (exact) mass is 153 g/mol. The zero-order chi connectivity index (χ0) is 7.90. The molecule has 2 rings (SSSR count). The molecular weight excluding hydrogens is 134 g/mol. The maximum atomic E-state index is 3.73. The van der Waals surface area contributed by atoms with Gasteiger partial charge in [0.1, 0.15) is 0 Å². The molecule has 1 aliphatic heterocycles. The van der Waals surface area contributed by atoms with Gasteiger partial charge in [0.05, 0.1) is 0 Å². The first-order valence-corrected chi connectivity index (χ1v) is 4.98. The van der Waals surface area contributed by atoms with Gasteiger partial charge < -0.3 is 5.32 Å². The van der Waals surface area contributed by atoms with E-state index in [9.17, 15) is 0 Å². The fourth-order valence-corrected chi connectivity index (χ4v) is 2.84. The third kappa shape index (κ3) is 1.10. The molecule has 1 aliphatic carbocycles. The summed E-state index contributed by atoms with van der Waals surface area (Å²) in [7, 11) is 0. The van der Waals surface area contributed by atoms with Gasteiger partial charge in [-0.15, -0.1) is 0 Å². The second-order valence-electron chi connectivity index (χ2n) is 4.65. The molecule has 1 saturated heterocycles. The van der Waals surface area contributed by atoms with Crippen LogP contribution in [0.5, 0.6) is 0 Å². The third-order valence-electron chi connectivity index (χ3n) is 3.74. The topological polar surface area (TPSA) is 12.0 Å². The van der Waals surface area contributed by atoms with E-state index in [-0.39, 0.29) is 0 Å². The number of nitrogens with one attached hydrogen (secondary N) is 1. The maximum Gasteiger partial charge on any atom is 0.0207 e. The first-order valence-electron chi connectivity index (χ1n) is 4.98. The lowest BCUT2D eigenvalue weighted by molar-refractivity contribution is 0.210. The Morgan fingerprint density at radius 3 is 2.91 bits per heavy atom. The molecule has 0 aromatic carbocycles. The Morgan fingerprint density at radius 1 is 1.45 bits per heavy atom. The average Bonchev–Trinajstić information content (AvgIpc) is 2.29. The van der Waals surface area contributed by atoms with E-state index in [0.29, 0.717) is 5.54 Å². The molecule has 1 nitrogen and oxygen atoms in total. The van der Waals surface area contributed by atoms with Gasteiger partial charge in [-0.25, -0.2) is 0 Å². The van der Waals surface area contributed by atoms with Crippen LogP contribution in [-0.2, 0) is 0 Å². The molecule has 1 heteroatoms. The summed E-state index contributed by atoms with van der Waals surface area (Å²) in [5, 5.41) is 3.73. The van der Waals surface area contributed by atoms with Crippen LogP contribution in [0.25, 0.3) is 0 Å².